The number of phenolic OH excluding ortho intramolecular Hbond substituents is 1. The molecule has 0 radical (unpaired) electrons. The maximum absolute atomic E-state index is 9.34. The van der Waals surface area contributed by atoms with Gasteiger partial charge in [0.25, 0.3) is 0 Å². The van der Waals surface area contributed by atoms with Gasteiger partial charge in [0, 0.05) is 0 Å². The van der Waals surface area contributed by atoms with Gasteiger partial charge in [-0.2, -0.15) is 0 Å². The third-order valence-corrected chi connectivity index (χ3v) is 3.17. The first-order valence-electron chi connectivity index (χ1n) is 6.46. The summed E-state index contributed by atoms with van der Waals surface area (Å²) < 4.78 is 0. The number of hydrogen-bond donors (Lipinski definition) is 3. The molecule has 1 aliphatic rings. The van der Waals surface area contributed by atoms with E-state index in [4.69, 9.17) is 11.5 Å². The summed E-state index contributed by atoms with van der Waals surface area (Å²) >= 11 is 0. The lowest BCUT2D eigenvalue weighted by atomic mass is 10.2. The number of benzene rings is 2. The van der Waals surface area contributed by atoms with Crippen LogP contribution in [0.4, 0.5) is 5.69 Å². The summed E-state index contributed by atoms with van der Waals surface area (Å²) in [5.41, 5.74) is 13.7. The van der Waals surface area contributed by atoms with Crippen molar-refractivity contribution in [1.82, 2.24) is 0 Å². The Labute approximate surface area is 122 Å². The molecular formula is C15H15N5O. The third kappa shape index (κ3) is 2.51. The first kappa shape index (κ1) is 13.0. The predicted octanol–water partition coefficient (Wildman–Crippen LogP) is 1.54. The minimum absolute atomic E-state index is 0.170. The van der Waals surface area contributed by atoms with Gasteiger partial charge in [-0.15, -0.1) is 0 Å². The van der Waals surface area contributed by atoms with Gasteiger partial charge in [-0.25, -0.2) is 9.98 Å². The minimum atomic E-state index is -0.431. The SMILES string of the molecule is NC1=NC(c2ccccc2)N=C(N)N1c1ccc(O)cc1. The van der Waals surface area contributed by atoms with Crippen LogP contribution < -0.4 is 16.4 Å². The van der Waals surface area contributed by atoms with Crippen LogP contribution in [0.3, 0.4) is 0 Å². The van der Waals surface area contributed by atoms with E-state index in [1.54, 1.807) is 29.2 Å². The molecule has 2 aromatic rings. The molecule has 2 aromatic carbocycles. The molecule has 6 heteroatoms. The molecule has 5 N–H and O–H groups in total. The highest BCUT2D eigenvalue weighted by Gasteiger charge is 2.23. The maximum Gasteiger partial charge on any atom is 0.205 e. The van der Waals surface area contributed by atoms with Gasteiger partial charge in [-0.05, 0) is 29.8 Å². The van der Waals surface area contributed by atoms with Gasteiger partial charge in [-0.1, -0.05) is 30.3 Å². The van der Waals surface area contributed by atoms with Gasteiger partial charge < -0.3 is 16.6 Å². The normalized spacial score (nSPS) is 15.5. The quantitative estimate of drug-likeness (QED) is 0.777. The molecule has 0 saturated heterocycles. The van der Waals surface area contributed by atoms with Gasteiger partial charge in [0.15, 0.2) is 6.17 Å². The molecule has 1 heterocycles. The van der Waals surface area contributed by atoms with Crippen molar-refractivity contribution in [2.75, 3.05) is 4.90 Å². The highest BCUT2D eigenvalue weighted by atomic mass is 16.3. The lowest BCUT2D eigenvalue weighted by Gasteiger charge is -2.28. The second kappa shape index (κ2) is 5.16. The van der Waals surface area contributed by atoms with Gasteiger partial charge in [0.2, 0.25) is 11.9 Å². The fourth-order valence-electron chi connectivity index (χ4n) is 2.15. The first-order valence-corrected chi connectivity index (χ1v) is 6.46. The average Bonchev–Trinajstić information content (AvgIpc) is 2.49. The van der Waals surface area contributed by atoms with E-state index in [1.165, 1.54) is 0 Å². The number of nitrogens with two attached hydrogens (primary N) is 2. The topological polar surface area (TPSA) is 100 Å². The second-order valence-corrected chi connectivity index (χ2v) is 4.61. The van der Waals surface area contributed by atoms with E-state index in [0.717, 1.165) is 5.56 Å². The largest absolute Gasteiger partial charge is 0.508 e. The van der Waals surface area contributed by atoms with E-state index in [1.807, 2.05) is 30.3 Å². The van der Waals surface area contributed by atoms with E-state index in [2.05, 4.69) is 9.98 Å². The fourth-order valence-corrected chi connectivity index (χ4v) is 2.15. The average molecular weight is 281 g/mol. The molecule has 21 heavy (non-hydrogen) atoms. The van der Waals surface area contributed by atoms with Crippen molar-refractivity contribution >= 4 is 17.6 Å². The molecule has 6 nitrogen and oxygen atoms in total. The van der Waals surface area contributed by atoms with Crippen LogP contribution in [0.2, 0.25) is 0 Å². The first-order chi connectivity index (χ1) is 10.1. The minimum Gasteiger partial charge on any atom is -0.508 e. The van der Waals surface area contributed by atoms with E-state index < -0.39 is 6.17 Å². The van der Waals surface area contributed by atoms with E-state index in [-0.39, 0.29) is 17.7 Å². The summed E-state index contributed by atoms with van der Waals surface area (Å²) in [4.78, 5) is 10.3. The Kier molecular flexibility index (Phi) is 3.19. The van der Waals surface area contributed by atoms with Crippen molar-refractivity contribution in [3.8, 4) is 5.75 Å². The van der Waals surface area contributed by atoms with Crippen molar-refractivity contribution in [1.29, 1.82) is 0 Å². The molecule has 0 bridgehead atoms. The molecule has 0 amide bonds. The van der Waals surface area contributed by atoms with Gasteiger partial charge >= 0.3 is 0 Å². The molecule has 0 spiro atoms. The summed E-state index contributed by atoms with van der Waals surface area (Å²) in [6, 6.07) is 16.1. The number of phenols is 1. The van der Waals surface area contributed by atoms with Crippen molar-refractivity contribution < 1.29 is 5.11 Å². The van der Waals surface area contributed by atoms with Gasteiger partial charge in [0.1, 0.15) is 5.75 Å². The summed E-state index contributed by atoms with van der Waals surface area (Å²) in [6.45, 7) is 0. The molecule has 0 unspecified atom stereocenters. The molecule has 3 rings (SSSR count). The molecule has 1 aliphatic heterocycles. The highest BCUT2D eigenvalue weighted by Crippen LogP contribution is 2.25. The predicted molar refractivity (Wildman–Crippen MR) is 83.0 cm³/mol. The van der Waals surface area contributed by atoms with Crippen molar-refractivity contribution in [3.63, 3.8) is 0 Å². The van der Waals surface area contributed by atoms with E-state index in [0.29, 0.717) is 5.69 Å². The number of aliphatic imine (C=N–C) groups is 2. The highest BCUT2D eigenvalue weighted by molar-refractivity contribution is 6.17. The number of guanidine groups is 2. The lowest BCUT2D eigenvalue weighted by molar-refractivity contribution is 0.475. The molecule has 0 saturated carbocycles. The zero-order valence-electron chi connectivity index (χ0n) is 11.2. The number of rotatable bonds is 2. The van der Waals surface area contributed by atoms with Crippen molar-refractivity contribution in [2.24, 2.45) is 21.5 Å². The molecule has 0 fully saturated rings. The standard InChI is InChI=1S/C15H15N5O/c16-14-18-13(10-4-2-1-3-5-10)19-15(17)20(14)11-6-8-12(21)9-7-11/h1-9,13,21H,(H2,16,18)(H2,17,19). The third-order valence-electron chi connectivity index (χ3n) is 3.17. The van der Waals surface area contributed by atoms with Crippen molar-refractivity contribution in [2.45, 2.75) is 6.17 Å². The molecule has 0 aliphatic carbocycles. The molecular weight excluding hydrogens is 266 g/mol. The maximum atomic E-state index is 9.34. The van der Waals surface area contributed by atoms with Crippen LogP contribution in [-0.2, 0) is 0 Å². The van der Waals surface area contributed by atoms with Gasteiger partial charge in [0.05, 0.1) is 5.69 Å². The molecule has 0 aromatic heterocycles. The number of anilines is 1. The Morgan fingerprint density at radius 1 is 0.857 bits per heavy atom. The molecule has 106 valence electrons. The van der Waals surface area contributed by atoms with Crippen LogP contribution in [0.15, 0.2) is 64.6 Å². The number of nitrogens with zero attached hydrogens (tertiary/aromatic N) is 3. The zero-order valence-corrected chi connectivity index (χ0v) is 11.2. The Morgan fingerprint density at radius 2 is 1.43 bits per heavy atom. The monoisotopic (exact) mass is 281 g/mol. The van der Waals surface area contributed by atoms with Crippen LogP contribution in [0.25, 0.3) is 0 Å². The summed E-state index contributed by atoms with van der Waals surface area (Å²) in [5.74, 6) is 0.702. The Hall–Kier alpha value is -3.02. The lowest BCUT2D eigenvalue weighted by Crippen LogP contribution is -2.48. The zero-order chi connectivity index (χ0) is 14.8. The van der Waals surface area contributed by atoms with Crippen LogP contribution >= 0.6 is 0 Å². The Bertz CT molecular complexity index is 674. The molecule has 0 atom stereocenters. The van der Waals surface area contributed by atoms with Crippen LogP contribution in [0, 0.1) is 0 Å². The van der Waals surface area contributed by atoms with Gasteiger partial charge in [-0.3, -0.25) is 4.90 Å². The van der Waals surface area contributed by atoms with E-state index >= 15 is 0 Å². The smallest absolute Gasteiger partial charge is 0.205 e. The number of aromatic hydroxyl groups is 1. The second-order valence-electron chi connectivity index (χ2n) is 4.61. The number of hydrogen-bond acceptors (Lipinski definition) is 6. The van der Waals surface area contributed by atoms with Crippen LogP contribution in [0.1, 0.15) is 11.7 Å². The van der Waals surface area contributed by atoms with Crippen LogP contribution in [0.5, 0.6) is 5.75 Å². The summed E-state index contributed by atoms with van der Waals surface area (Å²) in [5, 5.41) is 9.34. The van der Waals surface area contributed by atoms with E-state index in [9.17, 15) is 5.11 Å². The van der Waals surface area contributed by atoms with Crippen molar-refractivity contribution in [3.05, 3.63) is 60.2 Å². The summed E-state index contributed by atoms with van der Waals surface area (Å²) in [6.07, 6.45) is -0.431. The summed E-state index contributed by atoms with van der Waals surface area (Å²) in [7, 11) is 0. The Morgan fingerprint density at radius 3 is 2.00 bits per heavy atom. The Balaban J connectivity index is 1.94. The van der Waals surface area contributed by atoms with Crippen LogP contribution in [-0.4, -0.2) is 17.0 Å². The fraction of sp³-hybridized carbons (Fsp3) is 0.0667.